The third kappa shape index (κ3) is 3.56. The molecule has 112 valence electrons. The summed E-state index contributed by atoms with van der Waals surface area (Å²) in [7, 11) is -3.93. The smallest absolute Gasteiger partial charge is 0.243 e. The Labute approximate surface area is 119 Å². The summed E-state index contributed by atoms with van der Waals surface area (Å²) in [6, 6.07) is 5.22. The summed E-state index contributed by atoms with van der Waals surface area (Å²) in [5.41, 5.74) is -1.03. The molecule has 2 atom stereocenters. The number of benzene rings is 1. The van der Waals surface area contributed by atoms with Crippen LogP contribution in [0.4, 0.5) is 4.39 Å². The van der Waals surface area contributed by atoms with E-state index < -0.39 is 21.4 Å². The van der Waals surface area contributed by atoms with Gasteiger partial charge in [0.2, 0.25) is 10.0 Å². The maximum atomic E-state index is 13.5. The molecule has 4 nitrogen and oxygen atoms in total. The number of hydrogen-bond donors (Lipinski definition) is 2. The van der Waals surface area contributed by atoms with Crippen molar-refractivity contribution in [2.45, 2.75) is 43.1 Å². The molecule has 1 aliphatic carbocycles. The van der Waals surface area contributed by atoms with E-state index in [2.05, 4.69) is 4.72 Å². The van der Waals surface area contributed by atoms with Crippen molar-refractivity contribution in [1.82, 2.24) is 4.72 Å². The van der Waals surface area contributed by atoms with E-state index in [0.717, 1.165) is 18.9 Å². The molecule has 6 heteroatoms. The van der Waals surface area contributed by atoms with Crippen molar-refractivity contribution in [2.75, 3.05) is 6.54 Å². The molecule has 1 saturated carbocycles. The molecule has 1 aromatic rings. The predicted molar refractivity (Wildman–Crippen MR) is 74.2 cm³/mol. The topological polar surface area (TPSA) is 66.4 Å². The van der Waals surface area contributed by atoms with E-state index in [4.69, 9.17) is 0 Å². The van der Waals surface area contributed by atoms with Gasteiger partial charge in [-0.25, -0.2) is 17.5 Å². The molecule has 2 unspecified atom stereocenters. The summed E-state index contributed by atoms with van der Waals surface area (Å²) in [4.78, 5) is -0.382. The highest BCUT2D eigenvalue weighted by atomic mass is 32.2. The van der Waals surface area contributed by atoms with Gasteiger partial charge in [0.15, 0.2) is 0 Å². The van der Waals surface area contributed by atoms with E-state index in [1.165, 1.54) is 18.2 Å². The molecule has 2 rings (SSSR count). The second-order valence-corrected chi connectivity index (χ2v) is 7.42. The molecule has 1 aliphatic rings. The van der Waals surface area contributed by atoms with E-state index in [1.807, 2.05) is 6.92 Å². The van der Waals surface area contributed by atoms with Gasteiger partial charge in [0.25, 0.3) is 0 Å². The number of halogens is 1. The largest absolute Gasteiger partial charge is 0.389 e. The minimum Gasteiger partial charge on any atom is -0.389 e. The molecular weight excluding hydrogens is 281 g/mol. The Balaban J connectivity index is 2.08. The zero-order valence-electron chi connectivity index (χ0n) is 11.5. The van der Waals surface area contributed by atoms with E-state index in [1.54, 1.807) is 0 Å². The lowest BCUT2D eigenvalue weighted by molar-refractivity contribution is -0.00752. The first-order valence-electron chi connectivity index (χ1n) is 6.79. The third-order valence-electron chi connectivity index (χ3n) is 3.78. The summed E-state index contributed by atoms with van der Waals surface area (Å²) in [6.07, 6.45) is 3.05. The van der Waals surface area contributed by atoms with E-state index in [9.17, 15) is 17.9 Å². The van der Waals surface area contributed by atoms with Crippen molar-refractivity contribution in [3.05, 3.63) is 30.1 Å². The number of hydrogen-bond acceptors (Lipinski definition) is 3. The van der Waals surface area contributed by atoms with Crippen LogP contribution in [0.1, 0.15) is 32.6 Å². The lowest BCUT2D eigenvalue weighted by Crippen LogP contribution is -2.45. The molecular formula is C14H20FNO3S. The standard InChI is InChI=1S/C14H20FNO3S/c1-11-5-4-8-14(17,9-11)10-16-20(18,19)13-7-3-2-6-12(13)15/h2-3,6-7,11,16-17H,4-5,8-10H2,1H3. The molecule has 1 aromatic carbocycles. The van der Waals surface area contributed by atoms with Crippen LogP contribution in [-0.2, 0) is 10.0 Å². The maximum absolute atomic E-state index is 13.5. The van der Waals surface area contributed by atoms with Gasteiger partial charge >= 0.3 is 0 Å². The highest BCUT2D eigenvalue weighted by molar-refractivity contribution is 7.89. The van der Waals surface area contributed by atoms with Gasteiger partial charge in [0.1, 0.15) is 10.7 Å². The summed E-state index contributed by atoms with van der Waals surface area (Å²) < 4.78 is 40.0. The fourth-order valence-corrected chi connectivity index (χ4v) is 3.96. The molecule has 0 aliphatic heterocycles. The molecule has 2 N–H and O–H groups in total. The Morgan fingerprint density at radius 2 is 2.15 bits per heavy atom. The van der Waals surface area contributed by atoms with Crippen LogP contribution in [-0.4, -0.2) is 25.7 Å². The molecule has 20 heavy (non-hydrogen) atoms. The molecule has 0 aromatic heterocycles. The normalized spacial score (nSPS) is 27.4. The number of rotatable bonds is 4. The van der Waals surface area contributed by atoms with Crippen LogP contribution in [0.2, 0.25) is 0 Å². The Bertz CT molecular complexity index is 576. The zero-order valence-corrected chi connectivity index (χ0v) is 12.3. The quantitative estimate of drug-likeness (QED) is 0.894. The van der Waals surface area contributed by atoms with Crippen molar-refractivity contribution in [3.63, 3.8) is 0 Å². The molecule has 1 fully saturated rings. The van der Waals surface area contributed by atoms with Crippen LogP contribution in [0, 0.1) is 11.7 Å². The minimum atomic E-state index is -3.93. The molecule has 0 bridgehead atoms. The summed E-state index contributed by atoms with van der Waals surface area (Å²) in [6.45, 7) is 1.96. The average molecular weight is 301 g/mol. The molecule has 0 saturated heterocycles. The summed E-state index contributed by atoms with van der Waals surface area (Å²) in [5, 5.41) is 10.4. The lowest BCUT2D eigenvalue weighted by atomic mass is 9.79. The van der Waals surface area contributed by atoms with E-state index >= 15 is 0 Å². The highest BCUT2D eigenvalue weighted by Crippen LogP contribution is 2.32. The van der Waals surface area contributed by atoms with Gasteiger partial charge in [-0.05, 0) is 30.9 Å². The summed E-state index contributed by atoms with van der Waals surface area (Å²) in [5.74, 6) is -0.421. The minimum absolute atomic E-state index is 0.0754. The van der Waals surface area contributed by atoms with Gasteiger partial charge in [-0.2, -0.15) is 0 Å². The van der Waals surface area contributed by atoms with Gasteiger partial charge in [-0.1, -0.05) is 31.9 Å². The Kier molecular flexibility index (Phi) is 4.46. The summed E-state index contributed by atoms with van der Waals surface area (Å²) >= 11 is 0. The number of sulfonamides is 1. The van der Waals surface area contributed by atoms with Crippen molar-refractivity contribution in [1.29, 1.82) is 0 Å². The van der Waals surface area contributed by atoms with Crippen LogP contribution < -0.4 is 4.72 Å². The van der Waals surface area contributed by atoms with Crippen LogP contribution in [0.15, 0.2) is 29.2 Å². The average Bonchev–Trinajstić information content (AvgIpc) is 2.37. The van der Waals surface area contributed by atoms with Gasteiger partial charge in [0.05, 0.1) is 5.60 Å². The first kappa shape index (κ1) is 15.4. The second kappa shape index (κ2) is 5.79. The van der Waals surface area contributed by atoms with E-state index in [-0.39, 0.29) is 11.4 Å². The first-order chi connectivity index (χ1) is 9.32. The van der Waals surface area contributed by atoms with Gasteiger partial charge < -0.3 is 5.11 Å². The molecule has 0 heterocycles. The predicted octanol–water partition coefficient (Wildman–Crippen LogP) is 2.05. The van der Waals surface area contributed by atoms with Crippen LogP contribution in [0.5, 0.6) is 0 Å². The van der Waals surface area contributed by atoms with Gasteiger partial charge in [-0.3, -0.25) is 0 Å². The zero-order chi connectivity index (χ0) is 14.8. The van der Waals surface area contributed by atoms with Crippen LogP contribution in [0.3, 0.4) is 0 Å². The van der Waals surface area contributed by atoms with Crippen molar-refractivity contribution in [2.24, 2.45) is 5.92 Å². The third-order valence-corrected chi connectivity index (χ3v) is 5.22. The van der Waals surface area contributed by atoms with Crippen molar-refractivity contribution < 1.29 is 17.9 Å². The fraction of sp³-hybridized carbons (Fsp3) is 0.571. The Morgan fingerprint density at radius 3 is 2.80 bits per heavy atom. The SMILES string of the molecule is CC1CCCC(O)(CNS(=O)(=O)c2ccccc2F)C1. The van der Waals surface area contributed by atoms with Crippen LogP contribution >= 0.6 is 0 Å². The monoisotopic (exact) mass is 301 g/mol. The fourth-order valence-electron chi connectivity index (χ4n) is 2.76. The van der Waals surface area contributed by atoms with Gasteiger partial charge in [0, 0.05) is 6.54 Å². The number of aliphatic hydroxyl groups is 1. The lowest BCUT2D eigenvalue weighted by Gasteiger charge is -2.35. The van der Waals surface area contributed by atoms with Crippen molar-refractivity contribution in [3.8, 4) is 0 Å². The van der Waals surface area contributed by atoms with E-state index in [0.29, 0.717) is 18.8 Å². The molecule has 0 spiro atoms. The number of nitrogens with one attached hydrogen (secondary N) is 1. The highest BCUT2D eigenvalue weighted by Gasteiger charge is 2.34. The Morgan fingerprint density at radius 1 is 1.45 bits per heavy atom. The van der Waals surface area contributed by atoms with Crippen LogP contribution in [0.25, 0.3) is 0 Å². The van der Waals surface area contributed by atoms with Gasteiger partial charge in [-0.15, -0.1) is 0 Å². The first-order valence-corrected chi connectivity index (χ1v) is 8.27. The molecule has 0 amide bonds. The molecule has 0 radical (unpaired) electrons. The van der Waals surface area contributed by atoms with Crippen molar-refractivity contribution >= 4 is 10.0 Å². The Hall–Kier alpha value is -0.980. The maximum Gasteiger partial charge on any atom is 0.243 e. The second-order valence-electron chi connectivity index (χ2n) is 5.68.